The molecule has 24 heavy (non-hydrogen) atoms. The molecule has 1 amide bonds. The van der Waals surface area contributed by atoms with Crippen LogP contribution >= 0.6 is 0 Å². The van der Waals surface area contributed by atoms with E-state index in [9.17, 15) is 4.79 Å². The Morgan fingerprint density at radius 3 is 2.75 bits per heavy atom. The topological polar surface area (TPSA) is 72.9 Å². The molecule has 2 aromatic rings. The maximum Gasteiger partial charge on any atom is 0.225 e. The van der Waals surface area contributed by atoms with Crippen molar-refractivity contribution in [2.45, 2.75) is 58.5 Å². The Hall–Kier alpha value is -2.14. The quantitative estimate of drug-likeness (QED) is 0.688. The Bertz CT molecular complexity index is 636. The number of nitrogens with zero attached hydrogens (tertiary/aromatic N) is 2. The van der Waals surface area contributed by atoms with E-state index in [0.717, 1.165) is 36.5 Å². The fraction of sp³-hybridized carbons (Fsp3) is 0.474. The van der Waals surface area contributed by atoms with E-state index in [4.69, 9.17) is 5.73 Å². The van der Waals surface area contributed by atoms with Crippen LogP contribution in [0.5, 0.6) is 0 Å². The van der Waals surface area contributed by atoms with E-state index in [-0.39, 0.29) is 11.9 Å². The van der Waals surface area contributed by atoms with Crippen LogP contribution in [0.2, 0.25) is 0 Å². The minimum absolute atomic E-state index is 0.0157. The first-order valence-corrected chi connectivity index (χ1v) is 8.75. The number of aryl methyl sites for hydroxylation is 2. The number of benzene rings is 1. The molecule has 0 bridgehead atoms. The number of unbranched alkanes of at least 4 members (excludes halogenated alkanes) is 2. The summed E-state index contributed by atoms with van der Waals surface area (Å²) in [5.41, 5.74) is 8.13. The third-order valence-electron chi connectivity index (χ3n) is 4.05. The molecule has 5 nitrogen and oxygen atoms in total. The lowest BCUT2D eigenvalue weighted by atomic mass is 10.0. The number of anilines is 1. The van der Waals surface area contributed by atoms with E-state index < -0.39 is 0 Å². The molecular weight excluding hydrogens is 300 g/mol. The summed E-state index contributed by atoms with van der Waals surface area (Å²) in [4.78, 5) is 12.2. The molecule has 5 heteroatoms. The predicted molar refractivity (Wildman–Crippen MR) is 97.7 cm³/mol. The zero-order chi connectivity index (χ0) is 17.4. The zero-order valence-electron chi connectivity index (χ0n) is 14.7. The van der Waals surface area contributed by atoms with Gasteiger partial charge in [-0.05, 0) is 25.3 Å². The highest BCUT2D eigenvalue weighted by Gasteiger charge is 2.12. The van der Waals surface area contributed by atoms with Crippen LogP contribution in [-0.2, 0) is 11.3 Å². The van der Waals surface area contributed by atoms with E-state index in [0.29, 0.717) is 12.8 Å². The summed E-state index contributed by atoms with van der Waals surface area (Å²) >= 11 is 0. The van der Waals surface area contributed by atoms with Crippen molar-refractivity contribution in [3.8, 4) is 0 Å². The summed E-state index contributed by atoms with van der Waals surface area (Å²) in [7, 11) is 0. The third-order valence-corrected chi connectivity index (χ3v) is 4.05. The van der Waals surface area contributed by atoms with Gasteiger partial charge in [-0.15, -0.1) is 0 Å². The molecule has 2 rings (SSSR count). The number of carbonyl (C=O) groups excluding carboxylic acids is 1. The molecule has 0 spiro atoms. The largest absolute Gasteiger partial charge is 0.324 e. The van der Waals surface area contributed by atoms with Crippen molar-refractivity contribution in [1.29, 1.82) is 0 Å². The maximum atomic E-state index is 12.2. The molecule has 0 aliphatic carbocycles. The van der Waals surface area contributed by atoms with Crippen LogP contribution < -0.4 is 11.1 Å². The van der Waals surface area contributed by atoms with Gasteiger partial charge in [0, 0.05) is 25.1 Å². The Labute approximate surface area is 144 Å². The molecule has 3 N–H and O–H groups in total. The van der Waals surface area contributed by atoms with Gasteiger partial charge in [0.1, 0.15) is 5.82 Å². The summed E-state index contributed by atoms with van der Waals surface area (Å²) < 4.78 is 1.89. The highest BCUT2D eigenvalue weighted by atomic mass is 16.1. The first-order valence-electron chi connectivity index (χ1n) is 8.75. The first-order chi connectivity index (χ1) is 11.6. The van der Waals surface area contributed by atoms with Gasteiger partial charge in [-0.2, -0.15) is 5.10 Å². The normalized spacial score (nSPS) is 12.1. The minimum Gasteiger partial charge on any atom is -0.324 e. The second-order valence-electron chi connectivity index (χ2n) is 6.21. The standard InChI is InChI=1S/C19H28N4O/c1-3-4-8-13-23-18(14-15(2)22-23)21-19(24)12-11-17(20)16-9-6-5-7-10-16/h5-7,9-10,14,17H,3-4,8,11-13,20H2,1-2H3,(H,21,24). The van der Waals surface area contributed by atoms with Gasteiger partial charge in [-0.1, -0.05) is 50.1 Å². The maximum absolute atomic E-state index is 12.2. The van der Waals surface area contributed by atoms with Crippen molar-refractivity contribution in [2.24, 2.45) is 5.73 Å². The van der Waals surface area contributed by atoms with Crippen molar-refractivity contribution < 1.29 is 4.79 Å². The van der Waals surface area contributed by atoms with Gasteiger partial charge in [-0.3, -0.25) is 4.79 Å². The highest BCUT2D eigenvalue weighted by molar-refractivity contribution is 5.89. The summed E-state index contributed by atoms with van der Waals surface area (Å²) in [6.45, 7) is 4.95. The lowest BCUT2D eigenvalue weighted by Gasteiger charge is -2.12. The molecular formula is C19H28N4O. The van der Waals surface area contributed by atoms with Crippen molar-refractivity contribution in [1.82, 2.24) is 9.78 Å². The number of nitrogens with two attached hydrogens (primary N) is 1. The highest BCUT2D eigenvalue weighted by Crippen LogP contribution is 2.17. The number of hydrogen-bond acceptors (Lipinski definition) is 3. The van der Waals surface area contributed by atoms with Crippen molar-refractivity contribution in [2.75, 3.05) is 5.32 Å². The van der Waals surface area contributed by atoms with Crippen LogP contribution in [0.1, 0.15) is 56.3 Å². The van der Waals surface area contributed by atoms with Gasteiger partial charge in [-0.25, -0.2) is 4.68 Å². The number of rotatable bonds is 9. The monoisotopic (exact) mass is 328 g/mol. The average Bonchev–Trinajstić information content (AvgIpc) is 2.93. The smallest absolute Gasteiger partial charge is 0.225 e. The molecule has 1 aromatic heterocycles. The number of aromatic nitrogens is 2. The molecule has 0 fully saturated rings. The summed E-state index contributed by atoms with van der Waals surface area (Å²) in [5.74, 6) is 0.764. The van der Waals surface area contributed by atoms with Gasteiger partial charge in [0.25, 0.3) is 0 Å². The lowest BCUT2D eigenvalue weighted by Crippen LogP contribution is -2.18. The Morgan fingerprint density at radius 2 is 2.04 bits per heavy atom. The van der Waals surface area contributed by atoms with Gasteiger partial charge in [0.05, 0.1) is 5.69 Å². The second kappa shape index (κ2) is 9.23. The van der Waals surface area contributed by atoms with Gasteiger partial charge in [0.15, 0.2) is 0 Å². The minimum atomic E-state index is -0.117. The van der Waals surface area contributed by atoms with Crippen LogP contribution in [0.25, 0.3) is 0 Å². The molecule has 130 valence electrons. The molecule has 0 radical (unpaired) electrons. The number of hydrogen-bond donors (Lipinski definition) is 2. The number of nitrogens with one attached hydrogen (secondary N) is 1. The average molecular weight is 328 g/mol. The van der Waals surface area contributed by atoms with Crippen LogP contribution in [0.3, 0.4) is 0 Å². The van der Waals surface area contributed by atoms with Crippen LogP contribution in [-0.4, -0.2) is 15.7 Å². The fourth-order valence-corrected chi connectivity index (χ4v) is 2.69. The van der Waals surface area contributed by atoms with E-state index in [1.54, 1.807) is 0 Å². The van der Waals surface area contributed by atoms with E-state index in [2.05, 4.69) is 17.3 Å². The predicted octanol–water partition coefficient (Wildman–Crippen LogP) is 3.80. The van der Waals surface area contributed by atoms with Crippen molar-refractivity contribution in [3.63, 3.8) is 0 Å². The van der Waals surface area contributed by atoms with Gasteiger partial charge in [0.2, 0.25) is 5.91 Å². The lowest BCUT2D eigenvalue weighted by molar-refractivity contribution is -0.116. The second-order valence-corrected chi connectivity index (χ2v) is 6.21. The third kappa shape index (κ3) is 5.49. The summed E-state index contributed by atoms with van der Waals surface area (Å²) in [6, 6.07) is 11.7. The molecule has 0 saturated heterocycles. The molecule has 1 aromatic carbocycles. The first kappa shape index (κ1) is 18.2. The SMILES string of the molecule is CCCCCn1nc(C)cc1NC(=O)CCC(N)c1ccccc1. The van der Waals surface area contributed by atoms with Crippen LogP contribution in [0.4, 0.5) is 5.82 Å². The van der Waals surface area contributed by atoms with E-state index >= 15 is 0 Å². The van der Waals surface area contributed by atoms with E-state index in [1.165, 1.54) is 6.42 Å². The van der Waals surface area contributed by atoms with Gasteiger partial charge >= 0.3 is 0 Å². The molecule has 0 saturated carbocycles. The van der Waals surface area contributed by atoms with Crippen molar-refractivity contribution in [3.05, 3.63) is 47.7 Å². The molecule has 0 aliphatic heterocycles. The van der Waals surface area contributed by atoms with Gasteiger partial charge < -0.3 is 11.1 Å². The molecule has 0 aliphatic rings. The summed E-state index contributed by atoms with van der Waals surface area (Å²) in [5, 5.41) is 7.43. The van der Waals surface area contributed by atoms with Crippen LogP contribution in [0, 0.1) is 6.92 Å². The number of amides is 1. The van der Waals surface area contributed by atoms with E-state index in [1.807, 2.05) is 48.0 Å². The molecule has 1 unspecified atom stereocenters. The zero-order valence-corrected chi connectivity index (χ0v) is 14.7. The Balaban J connectivity index is 1.86. The summed E-state index contributed by atoms with van der Waals surface area (Å²) in [6.07, 6.45) is 4.42. The number of carbonyl (C=O) groups is 1. The Kier molecular flexibility index (Phi) is 7.00. The molecule has 1 heterocycles. The fourth-order valence-electron chi connectivity index (χ4n) is 2.69. The van der Waals surface area contributed by atoms with Crippen LogP contribution in [0.15, 0.2) is 36.4 Å². The Morgan fingerprint density at radius 1 is 1.29 bits per heavy atom. The molecule has 1 atom stereocenters. The van der Waals surface area contributed by atoms with Crippen molar-refractivity contribution >= 4 is 11.7 Å².